The molecule has 3 fully saturated rings. The van der Waals surface area contributed by atoms with Crippen LogP contribution >= 0.6 is 0 Å². The Kier molecular flexibility index (Phi) is 4.94. The number of nitrogens with zero attached hydrogens (tertiary/aromatic N) is 4. The van der Waals surface area contributed by atoms with Gasteiger partial charge in [-0.3, -0.25) is 14.4 Å². The van der Waals surface area contributed by atoms with Gasteiger partial charge in [-0.05, 0) is 38.2 Å². The smallest absolute Gasteiger partial charge is 0.232 e. The highest BCUT2D eigenvalue weighted by molar-refractivity contribution is 5.91. The number of piperidine rings is 1. The lowest BCUT2D eigenvalue weighted by atomic mass is 9.65. The summed E-state index contributed by atoms with van der Waals surface area (Å²) in [5.41, 5.74) is 2.52. The molecular formula is C24H32N4O. The molecule has 1 saturated carbocycles. The van der Waals surface area contributed by atoms with E-state index in [9.17, 15) is 4.79 Å². The summed E-state index contributed by atoms with van der Waals surface area (Å²) in [6.45, 7) is 6.11. The third kappa shape index (κ3) is 3.20. The number of aromatic nitrogens is 2. The number of aryl methyl sites for hydroxylation is 1. The van der Waals surface area contributed by atoms with Crippen LogP contribution < -0.4 is 0 Å². The molecule has 1 aliphatic carbocycles. The summed E-state index contributed by atoms with van der Waals surface area (Å²) >= 11 is 0. The van der Waals surface area contributed by atoms with Crippen LogP contribution in [0.25, 0.3) is 0 Å². The Bertz CT molecular complexity index is 847. The number of hydrogen-bond donors (Lipinski definition) is 0. The lowest BCUT2D eigenvalue weighted by Crippen LogP contribution is -2.66. The van der Waals surface area contributed by atoms with Crippen molar-refractivity contribution in [2.75, 3.05) is 13.1 Å². The molecule has 0 N–H and O–H groups in total. The summed E-state index contributed by atoms with van der Waals surface area (Å²) in [5, 5.41) is 4.40. The van der Waals surface area contributed by atoms with Gasteiger partial charge in [0.15, 0.2) is 0 Å². The summed E-state index contributed by atoms with van der Waals surface area (Å²) in [5.74, 6) is 0.437. The molecule has 0 bridgehead atoms. The molecule has 1 aromatic heterocycles. The maximum Gasteiger partial charge on any atom is 0.232 e. The first kappa shape index (κ1) is 18.9. The molecule has 2 saturated heterocycles. The highest BCUT2D eigenvalue weighted by Crippen LogP contribution is 2.60. The summed E-state index contributed by atoms with van der Waals surface area (Å²) < 4.78 is 1.99. The van der Waals surface area contributed by atoms with E-state index in [1.54, 1.807) is 0 Å². The van der Waals surface area contributed by atoms with Gasteiger partial charge in [0, 0.05) is 44.0 Å². The van der Waals surface area contributed by atoms with Gasteiger partial charge >= 0.3 is 0 Å². The van der Waals surface area contributed by atoms with Crippen LogP contribution in [0.5, 0.6) is 0 Å². The van der Waals surface area contributed by atoms with E-state index in [-0.39, 0.29) is 11.5 Å². The number of likely N-dealkylation sites (tertiary alicyclic amines) is 2. The molecule has 5 rings (SSSR count). The van der Waals surface area contributed by atoms with Gasteiger partial charge in [-0.2, -0.15) is 5.10 Å². The summed E-state index contributed by atoms with van der Waals surface area (Å²) in [4.78, 5) is 18.2. The molecule has 5 heteroatoms. The van der Waals surface area contributed by atoms with E-state index in [0.29, 0.717) is 11.9 Å². The number of carbonyl (C=O) groups excluding carboxylic acids is 1. The topological polar surface area (TPSA) is 41.4 Å². The second-order valence-corrected chi connectivity index (χ2v) is 9.10. The van der Waals surface area contributed by atoms with E-state index >= 15 is 0 Å². The molecule has 1 aromatic carbocycles. The molecule has 3 heterocycles. The predicted molar refractivity (Wildman–Crippen MR) is 113 cm³/mol. The molecular weight excluding hydrogens is 360 g/mol. The Balaban J connectivity index is 1.27. The number of carbonyl (C=O) groups is 1. The van der Waals surface area contributed by atoms with Crippen LogP contribution in [-0.4, -0.2) is 44.6 Å². The zero-order valence-corrected chi connectivity index (χ0v) is 17.5. The Morgan fingerprint density at radius 1 is 1.10 bits per heavy atom. The van der Waals surface area contributed by atoms with Crippen molar-refractivity contribution in [3.8, 4) is 0 Å². The Hall–Kier alpha value is -2.14. The third-order valence-electron chi connectivity index (χ3n) is 7.44. The lowest BCUT2D eigenvalue weighted by molar-refractivity contribution is -0.181. The average molecular weight is 393 g/mol. The van der Waals surface area contributed by atoms with Crippen molar-refractivity contribution in [3.63, 3.8) is 0 Å². The molecule has 2 aliphatic heterocycles. The van der Waals surface area contributed by atoms with Crippen molar-refractivity contribution >= 4 is 5.91 Å². The Morgan fingerprint density at radius 2 is 1.83 bits per heavy atom. The summed E-state index contributed by atoms with van der Waals surface area (Å²) in [6, 6.07) is 11.5. The minimum absolute atomic E-state index is 0.104. The second kappa shape index (κ2) is 7.60. The van der Waals surface area contributed by atoms with E-state index < -0.39 is 0 Å². The largest absolute Gasteiger partial charge is 0.331 e. The minimum atomic E-state index is -0.104. The SMILES string of the molecule is CCn1cc(CN2CCC(N3C(=O)C4(CCCC4)C3c3ccccc3)CC2)cn1. The quantitative estimate of drug-likeness (QED) is 0.722. The molecule has 1 atom stereocenters. The van der Waals surface area contributed by atoms with Crippen molar-refractivity contribution < 1.29 is 4.79 Å². The van der Waals surface area contributed by atoms with Crippen molar-refractivity contribution in [2.45, 2.75) is 70.6 Å². The van der Waals surface area contributed by atoms with Gasteiger partial charge in [-0.15, -0.1) is 0 Å². The van der Waals surface area contributed by atoms with Crippen LogP contribution in [0.1, 0.15) is 62.6 Å². The van der Waals surface area contributed by atoms with Gasteiger partial charge in [0.1, 0.15) is 0 Å². The maximum atomic E-state index is 13.4. The van der Waals surface area contributed by atoms with Gasteiger partial charge in [0.05, 0.1) is 17.7 Å². The first-order valence-electron chi connectivity index (χ1n) is 11.3. The molecule has 154 valence electrons. The molecule has 1 unspecified atom stereocenters. The van der Waals surface area contributed by atoms with E-state index in [1.807, 2.05) is 10.9 Å². The standard InChI is InChI=1S/C24H32N4O/c1-2-27-18-19(16-25-27)17-26-14-10-21(11-15-26)28-22(20-8-4-3-5-9-20)24(23(28)29)12-6-7-13-24/h3-5,8-9,16,18,21-22H,2,6-7,10-15,17H2,1H3. The molecule has 29 heavy (non-hydrogen) atoms. The molecule has 5 nitrogen and oxygen atoms in total. The number of benzene rings is 1. The van der Waals surface area contributed by atoms with Crippen molar-refractivity contribution in [1.82, 2.24) is 19.6 Å². The van der Waals surface area contributed by atoms with E-state index in [2.05, 4.69) is 58.4 Å². The molecule has 2 aromatic rings. The fourth-order valence-corrected chi connectivity index (χ4v) is 5.95. The second-order valence-electron chi connectivity index (χ2n) is 9.10. The molecule has 0 radical (unpaired) electrons. The van der Waals surface area contributed by atoms with Gasteiger partial charge in [0.2, 0.25) is 5.91 Å². The third-order valence-corrected chi connectivity index (χ3v) is 7.44. The van der Waals surface area contributed by atoms with Gasteiger partial charge in [-0.25, -0.2) is 0 Å². The van der Waals surface area contributed by atoms with Crippen LogP contribution in [0.3, 0.4) is 0 Å². The first-order valence-corrected chi connectivity index (χ1v) is 11.3. The maximum absolute atomic E-state index is 13.4. The van der Waals surface area contributed by atoms with Gasteiger partial charge < -0.3 is 4.90 Å². The summed E-state index contributed by atoms with van der Waals surface area (Å²) in [7, 11) is 0. The number of β-lactam (4-membered cyclic amide) rings is 1. The fourth-order valence-electron chi connectivity index (χ4n) is 5.95. The highest BCUT2D eigenvalue weighted by Gasteiger charge is 2.63. The zero-order chi connectivity index (χ0) is 19.8. The van der Waals surface area contributed by atoms with Crippen LogP contribution in [0, 0.1) is 5.41 Å². The van der Waals surface area contributed by atoms with E-state index in [0.717, 1.165) is 51.9 Å². The van der Waals surface area contributed by atoms with Crippen molar-refractivity contribution in [2.24, 2.45) is 5.41 Å². The predicted octanol–water partition coefficient (Wildman–Crippen LogP) is 4.01. The Labute approximate surface area is 173 Å². The Morgan fingerprint density at radius 3 is 2.48 bits per heavy atom. The number of rotatable bonds is 5. The fraction of sp³-hybridized carbons (Fsp3) is 0.583. The highest BCUT2D eigenvalue weighted by atomic mass is 16.2. The van der Waals surface area contributed by atoms with Crippen LogP contribution in [0.2, 0.25) is 0 Å². The van der Waals surface area contributed by atoms with Crippen LogP contribution in [-0.2, 0) is 17.9 Å². The van der Waals surface area contributed by atoms with E-state index in [1.165, 1.54) is 24.0 Å². The first-order chi connectivity index (χ1) is 14.2. The van der Waals surface area contributed by atoms with Gasteiger partial charge in [0.25, 0.3) is 0 Å². The normalized spacial score (nSPS) is 24.9. The van der Waals surface area contributed by atoms with Gasteiger partial charge in [-0.1, -0.05) is 43.2 Å². The van der Waals surface area contributed by atoms with E-state index in [4.69, 9.17) is 0 Å². The average Bonchev–Trinajstić information content (AvgIpc) is 3.44. The lowest BCUT2D eigenvalue weighted by Gasteiger charge is -2.59. The van der Waals surface area contributed by atoms with Crippen molar-refractivity contribution in [3.05, 3.63) is 53.9 Å². The molecule has 1 spiro atoms. The number of hydrogen-bond acceptors (Lipinski definition) is 3. The molecule has 3 aliphatic rings. The monoisotopic (exact) mass is 392 g/mol. The zero-order valence-electron chi connectivity index (χ0n) is 17.5. The summed E-state index contributed by atoms with van der Waals surface area (Å²) in [6.07, 6.45) is 10.8. The minimum Gasteiger partial charge on any atom is -0.331 e. The van der Waals surface area contributed by atoms with Crippen LogP contribution in [0.15, 0.2) is 42.7 Å². The molecule has 1 amide bonds. The van der Waals surface area contributed by atoms with Crippen LogP contribution in [0.4, 0.5) is 0 Å². The van der Waals surface area contributed by atoms with Crippen molar-refractivity contribution in [1.29, 1.82) is 0 Å². The number of amides is 1.